The van der Waals surface area contributed by atoms with Gasteiger partial charge in [0.15, 0.2) is 11.5 Å². The summed E-state index contributed by atoms with van der Waals surface area (Å²) in [6.07, 6.45) is 3.05. The summed E-state index contributed by atoms with van der Waals surface area (Å²) in [7, 11) is 0. The predicted molar refractivity (Wildman–Crippen MR) is 82.3 cm³/mol. The van der Waals surface area contributed by atoms with Crippen molar-refractivity contribution in [3.8, 4) is 11.5 Å². The minimum atomic E-state index is -0.127. The van der Waals surface area contributed by atoms with Crippen LogP contribution in [0, 0.1) is 0 Å². The SMILES string of the molecule is Cl.O=C(NCC1COc2ccccc2O1)[C@@H]1CCCCN1. The van der Waals surface area contributed by atoms with Crippen LogP contribution in [0.1, 0.15) is 19.3 Å². The van der Waals surface area contributed by atoms with Gasteiger partial charge in [0.1, 0.15) is 12.7 Å². The molecule has 2 aliphatic rings. The second kappa shape index (κ2) is 7.52. The van der Waals surface area contributed by atoms with Crippen LogP contribution in [0.3, 0.4) is 0 Å². The minimum Gasteiger partial charge on any atom is -0.486 e. The van der Waals surface area contributed by atoms with Crippen LogP contribution in [0.15, 0.2) is 24.3 Å². The summed E-state index contributed by atoms with van der Waals surface area (Å²) in [4.78, 5) is 12.0. The van der Waals surface area contributed by atoms with Gasteiger partial charge in [-0.1, -0.05) is 18.6 Å². The molecule has 1 unspecified atom stereocenters. The number of benzene rings is 1. The van der Waals surface area contributed by atoms with Gasteiger partial charge in [0.25, 0.3) is 0 Å². The number of para-hydroxylation sites is 2. The molecule has 2 aliphatic heterocycles. The van der Waals surface area contributed by atoms with Crippen molar-refractivity contribution < 1.29 is 14.3 Å². The molecule has 1 aromatic rings. The zero-order valence-electron chi connectivity index (χ0n) is 11.8. The highest BCUT2D eigenvalue weighted by atomic mass is 35.5. The molecule has 5 nitrogen and oxygen atoms in total. The third-order valence-electron chi connectivity index (χ3n) is 3.70. The molecule has 2 atom stereocenters. The van der Waals surface area contributed by atoms with Crippen molar-refractivity contribution in [2.45, 2.75) is 31.4 Å². The Kier molecular flexibility index (Phi) is 5.70. The molecule has 1 aromatic carbocycles. The molecular weight excluding hydrogens is 292 g/mol. The maximum atomic E-state index is 12.0. The van der Waals surface area contributed by atoms with Crippen LogP contribution in [0.2, 0.25) is 0 Å². The van der Waals surface area contributed by atoms with Gasteiger partial charge in [-0.2, -0.15) is 0 Å². The monoisotopic (exact) mass is 312 g/mol. The van der Waals surface area contributed by atoms with Gasteiger partial charge in [0, 0.05) is 0 Å². The fourth-order valence-electron chi connectivity index (χ4n) is 2.58. The first kappa shape index (κ1) is 15.9. The number of piperidine rings is 1. The first-order valence-electron chi connectivity index (χ1n) is 7.22. The maximum absolute atomic E-state index is 12.0. The topological polar surface area (TPSA) is 59.6 Å². The molecule has 116 valence electrons. The van der Waals surface area contributed by atoms with E-state index < -0.39 is 0 Å². The Morgan fingerprint density at radius 2 is 2.10 bits per heavy atom. The Bertz CT molecular complexity index is 478. The van der Waals surface area contributed by atoms with Crippen molar-refractivity contribution in [2.75, 3.05) is 19.7 Å². The van der Waals surface area contributed by atoms with Gasteiger partial charge >= 0.3 is 0 Å². The quantitative estimate of drug-likeness (QED) is 0.888. The van der Waals surface area contributed by atoms with E-state index in [1.807, 2.05) is 24.3 Å². The molecule has 1 fully saturated rings. The summed E-state index contributed by atoms with van der Waals surface area (Å²) in [5.74, 6) is 1.57. The van der Waals surface area contributed by atoms with Gasteiger partial charge in [0.2, 0.25) is 5.91 Å². The van der Waals surface area contributed by atoms with E-state index >= 15 is 0 Å². The largest absolute Gasteiger partial charge is 0.486 e. The van der Waals surface area contributed by atoms with Crippen molar-refractivity contribution in [1.82, 2.24) is 10.6 Å². The van der Waals surface area contributed by atoms with Gasteiger partial charge in [0.05, 0.1) is 12.6 Å². The molecule has 0 spiro atoms. The van der Waals surface area contributed by atoms with Crippen LogP contribution < -0.4 is 20.1 Å². The zero-order chi connectivity index (χ0) is 13.8. The van der Waals surface area contributed by atoms with E-state index in [0.29, 0.717) is 13.2 Å². The van der Waals surface area contributed by atoms with Gasteiger partial charge in [-0.05, 0) is 31.5 Å². The minimum absolute atomic E-state index is 0. The average Bonchev–Trinajstić information content (AvgIpc) is 2.53. The van der Waals surface area contributed by atoms with Crippen LogP contribution in [0.5, 0.6) is 11.5 Å². The molecular formula is C15H21ClN2O3. The molecule has 3 rings (SSSR count). The Balaban J connectivity index is 0.00000161. The van der Waals surface area contributed by atoms with E-state index in [2.05, 4.69) is 10.6 Å². The highest BCUT2D eigenvalue weighted by molar-refractivity contribution is 5.85. The predicted octanol–water partition coefficient (Wildman–Crippen LogP) is 1.51. The third kappa shape index (κ3) is 4.02. The van der Waals surface area contributed by atoms with E-state index in [1.165, 1.54) is 0 Å². The molecule has 1 saturated heterocycles. The summed E-state index contributed by atoms with van der Waals surface area (Å²) >= 11 is 0. The van der Waals surface area contributed by atoms with Crippen LogP contribution in [-0.4, -0.2) is 37.7 Å². The molecule has 0 radical (unpaired) electrons. The number of carbonyl (C=O) groups excluding carboxylic acids is 1. The first-order valence-corrected chi connectivity index (χ1v) is 7.22. The molecule has 0 saturated carbocycles. The standard InChI is InChI=1S/C15H20N2O3.ClH/c18-15(12-5-3-4-8-16-12)17-9-11-10-19-13-6-1-2-7-14(13)20-11;/h1-2,6-7,11-12,16H,3-5,8-10H2,(H,17,18);1H/t11?,12-;/m0./s1. The fourth-order valence-corrected chi connectivity index (χ4v) is 2.58. The Morgan fingerprint density at radius 1 is 1.29 bits per heavy atom. The molecule has 0 bridgehead atoms. The smallest absolute Gasteiger partial charge is 0.237 e. The Labute approximate surface area is 130 Å². The molecule has 0 aromatic heterocycles. The number of amides is 1. The second-order valence-electron chi connectivity index (χ2n) is 5.25. The Hall–Kier alpha value is -1.46. The summed E-state index contributed by atoms with van der Waals surface area (Å²) in [5.41, 5.74) is 0. The number of rotatable bonds is 3. The summed E-state index contributed by atoms with van der Waals surface area (Å²) in [6, 6.07) is 7.54. The third-order valence-corrected chi connectivity index (χ3v) is 3.70. The van der Waals surface area contributed by atoms with E-state index in [-0.39, 0.29) is 30.5 Å². The molecule has 21 heavy (non-hydrogen) atoms. The number of ether oxygens (including phenoxy) is 2. The summed E-state index contributed by atoms with van der Waals surface area (Å²) in [5, 5.41) is 6.18. The number of fused-ring (bicyclic) bond motifs is 1. The van der Waals surface area contributed by atoms with Crippen molar-refractivity contribution >= 4 is 18.3 Å². The van der Waals surface area contributed by atoms with Crippen LogP contribution in [-0.2, 0) is 4.79 Å². The summed E-state index contributed by atoms with van der Waals surface area (Å²) < 4.78 is 11.4. The molecule has 2 N–H and O–H groups in total. The summed E-state index contributed by atoms with van der Waals surface area (Å²) in [6.45, 7) is 1.87. The van der Waals surface area contributed by atoms with E-state index in [1.54, 1.807) is 0 Å². The number of hydrogen-bond donors (Lipinski definition) is 2. The average molecular weight is 313 g/mol. The van der Waals surface area contributed by atoms with Crippen molar-refractivity contribution in [2.24, 2.45) is 0 Å². The van der Waals surface area contributed by atoms with Crippen molar-refractivity contribution in [1.29, 1.82) is 0 Å². The van der Waals surface area contributed by atoms with Gasteiger partial charge in [-0.15, -0.1) is 12.4 Å². The highest BCUT2D eigenvalue weighted by Crippen LogP contribution is 2.30. The van der Waals surface area contributed by atoms with E-state index in [4.69, 9.17) is 9.47 Å². The Morgan fingerprint density at radius 3 is 2.86 bits per heavy atom. The number of nitrogens with one attached hydrogen (secondary N) is 2. The molecule has 1 amide bonds. The fraction of sp³-hybridized carbons (Fsp3) is 0.533. The lowest BCUT2D eigenvalue weighted by Crippen LogP contribution is -2.49. The van der Waals surface area contributed by atoms with Crippen LogP contribution >= 0.6 is 12.4 Å². The van der Waals surface area contributed by atoms with Gasteiger partial charge in [-0.25, -0.2) is 0 Å². The maximum Gasteiger partial charge on any atom is 0.237 e. The lowest BCUT2D eigenvalue weighted by atomic mass is 10.0. The molecule has 0 aliphatic carbocycles. The number of halogens is 1. The first-order chi connectivity index (χ1) is 9.83. The number of carbonyl (C=O) groups is 1. The van der Waals surface area contributed by atoms with Gasteiger partial charge in [-0.3, -0.25) is 4.79 Å². The normalized spacial score (nSPS) is 23.8. The van der Waals surface area contributed by atoms with Gasteiger partial charge < -0.3 is 20.1 Å². The van der Waals surface area contributed by atoms with Crippen LogP contribution in [0.4, 0.5) is 0 Å². The highest BCUT2D eigenvalue weighted by Gasteiger charge is 2.24. The number of hydrogen-bond acceptors (Lipinski definition) is 4. The van der Waals surface area contributed by atoms with E-state index in [0.717, 1.165) is 37.3 Å². The lowest BCUT2D eigenvalue weighted by Gasteiger charge is -2.28. The van der Waals surface area contributed by atoms with E-state index in [9.17, 15) is 4.79 Å². The molecule has 2 heterocycles. The van der Waals surface area contributed by atoms with Crippen molar-refractivity contribution in [3.63, 3.8) is 0 Å². The van der Waals surface area contributed by atoms with Crippen LogP contribution in [0.25, 0.3) is 0 Å². The molecule has 6 heteroatoms. The second-order valence-corrected chi connectivity index (χ2v) is 5.25. The lowest BCUT2D eigenvalue weighted by molar-refractivity contribution is -0.124. The van der Waals surface area contributed by atoms with Crippen molar-refractivity contribution in [3.05, 3.63) is 24.3 Å². The zero-order valence-corrected chi connectivity index (χ0v) is 12.7.